The van der Waals surface area contributed by atoms with Crippen molar-refractivity contribution >= 4 is 5.91 Å². The Morgan fingerprint density at radius 3 is 2.70 bits per heavy atom. The Morgan fingerprint density at radius 1 is 1.40 bits per heavy atom. The van der Waals surface area contributed by atoms with Crippen LogP contribution in [0.5, 0.6) is 5.75 Å². The lowest BCUT2D eigenvalue weighted by molar-refractivity contribution is -0.127. The quantitative estimate of drug-likeness (QED) is 0.799. The molecule has 1 rings (SSSR count). The van der Waals surface area contributed by atoms with E-state index >= 15 is 0 Å². The van der Waals surface area contributed by atoms with E-state index in [0.29, 0.717) is 12.3 Å². The smallest absolute Gasteiger partial charge is 0.260 e. The lowest BCUT2D eigenvalue weighted by Gasteiger charge is -2.19. The van der Waals surface area contributed by atoms with Gasteiger partial charge in [-0.25, -0.2) is 0 Å². The van der Waals surface area contributed by atoms with Crippen molar-refractivity contribution < 1.29 is 9.53 Å². The Hall–Kier alpha value is -1.62. The molecule has 0 spiro atoms. The first-order chi connectivity index (χ1) is 9.47. The summed E-state index contributed by atoms with van der Waals surface area (Å²) < 4.78 is 5.75. The molecular weight excluding hydrogens is 254 g/mol. The van der Waals surface area contributed by atoms with Crippen LogP contribution in [0, 0.1) is 6.92 Å². The zero-order chi connectivity index (χ0) is 15.1. The van der Waals surface area contributed by atoms with Gasteiger partial charge in [-0.2, -0.15) is 0 Å². The Labute approximate surface area is 121 Å². The third-order valence-corrected chi connectivity index (χ3v) is 3.09. The molecule has 1 aromatic heterocycles. The molecule has 0 saturated carbocycles. The average molecular weight is 279 g/mol. The van der Waals surface area contributed by atoms with Crippen LogP contribution in [0.25, 0.3) is 0 Å². The Kier molecular flexibility index (Phi) is 6.45. The Morgan fingerprint density at radius 2 is 2.10 bits per heavy atom. The second-order valence-electron chi connectivity index (χ2n) is 5.01. The second kappa shape index (κ2) is 7.85. The van der Waals surface area contributed by atoms with Gasteiger partial charge in [0, 0.05) is 18.3 Å². The van der Waals surface area contributed by atoms with Gasteiger partial charge in [0.05, 0.1) is 5.69 Å². The summed E-state index contributed by atoms with van der Waals surface area (Å²) in [6.45, 7) is 8.30. The van der Waals surface area contributed by atoms with Crippen LogP contribution in [-0.2, 0) is 11.3 Å². The summed E-state index contributed by atoms with van der Waals surface area (Å²) in [5.41, 5.74) is 1.75. The van der Waals surface area contributed by atoms with Gasteiger partial charge in [-0.15, -0.1) is 0 Å². The SMILES string of the molecule is CCC(C)NC(=O)C(C)Oc1ccc(C)nc1CNC. The van der Waals surface area contributed by atoms with E-state index in [1.165, 1.54) is 0 Å². The van der Waals surface area contributed by atoms with Crippen LogP contribution >= 0.6 is 0 Å². The van der Waals surface area contributed by atoms with Crippen molar-refractivity contribution in [2.75, 3.05) is 7.05 Å². The molecule has 112 valence electrons. The molecule has 0 radical (unpaired) electrons. The highest BCUT2D eigenvalue weighted by atomic mass is 16.5. The largest absolute Gasteiger partial charge is 0.479 e. The first-order valence-electron chi connectivity index (χ1n) is 7.06. The average Bonchev–Trinajstić information content (AvgIpc) is 2.41. The molecule has 0 saturated heterocycles. The zero-order valence-corrected chi connectivity index (χ0v) is 13.0. The number of carbonyl (C=O) groups excluding carboxylic acids is 1. The minimum Gasteiger partial charge on any atom is -0.479 e. The Balaban J connectivity index is 2.74. The zero-order valence-electron chi connectivity index (χ0n) is 13.0. The number of nitrogens with one attached hydrogen (secondary N) is 2. The number of amides is 1. The van der Waals surface area contributed by atoms with E-state index in [2.05, 4.69) is 15.6 Å². The van der Waals surface area contributed by atoms with Gasteiger partial charge in [0.15, 0.2) is 6.10 Å². The van der Waals surface area contributed by atoms with Crippen LogP contribution in [0.4, 0.5) is 0 Å². The Bertz CT molecular complexity index is 449. The van der Waals surface area contributed by atoms with Gasteiger partial charge in [0.1, 0.15) is 5.75 Å². The van der Waals surface area contributed by atoms with Crippen molar-refractivity contribution in [1.29, 1.82) is 0 Å². The monoisotopic (exact) mass is 279 g/mol. The van der Waals surface area contributed by atoms with Gasteiger partial charge in [0.25, 0.3) is 5.91 Å². The standard InChI is InChI=1S/C15H25N3O2/c1-6-10(2)18-15(19)12(4)20-14-8-7-11(3)17-13(14)9-16-5/h7-8,10,12,16H,6,9H2,1-5H3,(H,18,19). The van der Waals surface area contributed by atoms with Crippen LogP contribution in [0.3, 0.4) is 0 Å². The second-order valence-corrected chi connectivity index (χ2v) is 5.01. The fourth-order valence-electron chi connectivity index (χ4n) is 1.71. The van der Waals surface area contributed by atoms with Crippen molar-refractivity contribution in [3.8, 4) is 5.75 Å². The van der Waals surface area contributed by atoms with Gasteiger partial charge in [0.2, 0.25) is 0 Å². The van der Waals surface area contributed by atoms with Crippen molar-refractivity contribution in [2.24, 2.45) is 0 Å². The van der Waals surface area contributed by atoms with E-state index in [1.54, 1.807) is 6.92 Å². The van der Waals surface area contributed by atoms with Crippen LogP contribution in [0.15, 0.2) is 12.1 Å². The summed E-state index contributed by atoms with van der Waals surface area (Å²) in [6, 6.07) is 3.90. The predicted octanol–water partition coefficient (Wildman–Crippen LogP) is 1.79. The molecule has 5 heteroatoms. The van der Waals surface area contributed by atoms with E-state index in [0.717, 1.165) is 17.8 Å². The number of nitrogens with zero attached hydrogens (tertiary/aromatic N) is 1. The van der Waals surface area contributed by atoms with Crippen molar-refractivity contribution in [2.45, 2.75) is 52.8 Å². The van der Waals surface area contributed by atoms with Gasteiger partial charge in [-0.05, 0) is 46.4 Å². The molecule has 0 aromatic carbocycles. The highest BCUT2D eigenvalue weighted by Crippen LogP contribution is 2.18. The molecule has 0 fully saturated rings. The number of rotatable bonds is 7. The molecule has 1 amide bonds. The van der Waals surface area contributed by atoms with E-state index in [1.807, 2.05) is 40.0 Å². The summed E-state index contributed by atoms with van der Waals surface area (Å²) >= 11 is 0. The maximum Gasteiger partial charge on any atom is 0.260 e. The van der Waals surface area contributed by atoms with Crippen LogP contribution in [0.2, 0.25) is 0 Å². The van der Waals surface area contributed by atoms with E-state index in [4.69, 9.17) is 4.74 Å². The number of ether oxygens (including phenoxy) is 1. The van der Waals surface area contributed by atoms with Gasteiger partial charge < -0.3 is 15.4 Å². The first kappa shape index (κ1) is 16.4. The maximum atomic E-state index is 12.0. The predicted molar refractivity (Wildman–Crippen MR) is 79.7 cm³/mol. The number of pyridine rings is 1. The number of aromatic nitrogens is 1. The lowest BCUT2D eigenvalue weighted by atomic mass is 10.2. The number of hydrogen-bond acceptors (Lipinski definition) is 4. The highest BCUT2D eigenvalue weighted by molar-refractivity contribution is 5.81. The molecule has 2 atom stereocenters. The minimum absolute atomic E-state index is 0.102. The maximum absolute atomic E-state index is 12.0. The number of aryl methyl sites for hydroxylation is 1. The van der Waals surface area contributed by atoms with Crippen LogP contribution < -0.4 is 15.4 Å². The van der Waals surface area contributed by atoms with Crippen molar-refractivity contribution in [1.82, 2.24) is 15.6 Å². The van der Waals surface area contributed by atoms with Crippen LogP contribution in [0.1, 0.15) is 38.6 Å². The third kappa shape index (κ3) is 4.81. The molecule has 5 nitrogen and oxygen atoms in total. The molecule has 0 aliphatic carbocycles. The van der Waals surface area contributed by atoms with Gasteiger partial charge in [-0.1, -0.05) is 6.92 Å². The first-order valence-corrected chi connectivity index (χ1v) is 7.06. The molecular formula is C15H25N3O2. The topological polar surface area (TPSA) is 63.2 Å². The fraction of sp³-hybridized carbons (Fsp3) is 0.600. The summed E-state index contributed by atoms with van der Waals surface area (Å²) in [4.78, 5) is 16.4. The molecule has 20 heavy (non-hydrogen) atoms. The minimum atomic E-state index is -0.538. The summed E-state index contributed by atoms with van der Waals surface area (Å²) in [5, 5.41) is 5.96. The van der Waals surface area contributed by atoms with Crippen molar-refractivity contribution in [3.05, 3.63) is 23.5 Å². The molecule has 0 aliphatic heterocycles. The molecule has 0 aliphatic rings. The summed E-state index contributed by atoms with van der Waals surface area (Å²) in [5.74, 6) is 0.548. The molecule has 1 heterocycles. The van der Waals surface area contributed by atoms with Gasteiger partial charge >= 0.3 is 0 Å². The van der Waals surface area contributed by atoms with E-state index in [-0.39, 0.29) is 11.9 Å². The van der Waals surface area contributed by atoms with E-state index in [9.17, 15) is 4.79 Å². The molecule has 2 N–H and O–H groups in total. The summed E-state index contributed by atoms with van der Waals surface area (Å²) in [6.07, 6.45) is 0.361. The number of carbonyl (C=O) groups is 1. The van der Waals surface area contributed by atoms with Crippen molar-refractivity contribution in [3.63, 3.8) is 0 Å². The van der Waals surface area contributed by atoms with Crippen LogP contribution in [-0.4, -0.2) is 30.1 Å². The van der Waals surface area contributed by atoms with E-state index < -0.39 is 6.10 Å². The highest BCUT2D eigenvalue weighted by Gasteiger charge is 2.18. The normalized spacial score (nSPS) is 13.7. The molecule has 1 aromatic rings. The summed E-state index contributed by atoms with van der Waals surface area (Å²) in [7, 11) is 1.85. The van der Waals surface area contributed by atoms with Gasteiger partial charge in [-0.3, -0.25) is 9.78 Å². The number of hydrogen-bond donors (Lipinski definition) is 2. The lowest BCUT2D eigenvalue weighted by Crippen LogP contribution is -2.41. The molecule has 0 bridgehead atoms. The fourth-order valence-corrected chi connectivity index (χ4v) is 1.71. The molecule has 2 unspecified atom stereocenters. The third-order valence-electron chi connectivity index (χ3n) is 3.09.